The van der Waals surface area contributed by atoms with E-state index in [1.54, 1.807) is 12.3 Å². The zero-order valence-corrected chi connectivity index (χ0v) is 13.0. The number of aromatic amines is 1. The van der Waals surface area contributed by atoms with Crippen molar-refractivity contribution in [2.75, 3.05) is 0 Å². The van der Waals surface area contributed by atoms with Gasteiger partial charge in [-0.1, -0.05) is 24.3 Å². The molecule has 1 aromatic carbocycles. The fourth-order valence-corrected chi connectivity index (χ4v) is 3.83. The van der Waals surface area contributed by atoms with Crippen LogP contribution in [0.5, 0.6) is 0 Å². The molecule has 0 bridgehead atoms. The lowest BCUT2D eigenvalue weighted by atomic mass is 10.1. The van der Waals surface area contributed by atoms with Crippen molar-refractivity contribution >= 4 is 17.2 Å². The van der Waals surface area contributed by atoms with E-state index in [9.17, 15) is 9.90 Å². The number of rotatable bonds is 3. The highest BCUT2D eigenvalue weighted by Gasteiger charge is 2.32. The number of hydrogen-bond donors (Lipinski definition) is 3. The average Bonchev–Trinajstić information content (AvgIpc) is 3.28. The zero-order valence-electron chi connectivity index (χ0n) is 12.2. The number of thiophene rings is 1. The predicted molar refractivity (Wildman–Crippen MR) is 88.3 cm³/mol. The quantitative estimate of drug-likeness (QED) is 0.692. The second-order valence-corrected chi connectivity index (χ2v) is 6.65. The Kier molecular flexibility index (Phi) is 3.48. The Labute approximate surface area is 137 Å². The van der Waals surface area contributed by atoms with Gasteiger partial charge in [-0.2, -0.15) is 5.10 Å². The van der Waals surface area contributed by atoms with Gasteiger partial charge in [0.05, 0.1) is 27.6 Å². The highest BCUT2D eigenvalue weighted by atomic mass is 32.1. The molecule has 5 nitrogen and oxygen atoms in total. The van der Waals surface area contributed by atoms with Crippen molar-refractivity contribution in [2.45, 2.75) is 18.6 Å². The monoisotopic (exact) mass is 325 g/mol. The summed E-state index contributed by atoms with van der Waals surface area (Å²) < 4.78 is 0. The normalized spacial score (nSPS) is 19.5. The zero-order chi connectivity index (χ0) is 15.8. The van der Waals surface area contributed by atoms with Gasteiger partial charge < -0.3 is 10.4 Å². The van der Waals surface area contributed by atoms with Gasteiger partial charge in [-0.25, -0.2) is 0 Å². The van der Waals surface area contributed by atoms with Gasteiger partial charge >= 0.3 is 0 Å². The highest BCUT2D eigenvalue weighted by molar-refractivity contribution is 7.17. The molecule has 4 rings (SSSR count). The van der Waals surface area contributed by atoms with Gasteiger partial charge in [0.1, 0.15) is 0 Å². The molecule has 23 heavy (non-hydrogen) atoms. The number of nitrogens with zero attached hydrogens (tertiary/aromatic N) is 1. The standard InChI is InChI=1S/C17H15N3O2S/c21-16-11-4-2-1-3-10(11)9-13(16)19-17(22)15-6-5-14(23-15)12-7-8-18-20-12/h1-8,13,16,21H,9H2,(H,18,20)(H,19,22). The topological polar surface area (TPSA) is 78.0 Å². The van der Waals surface area contributed by atoms with Gasteiger partial charge in [-0.15, -0.1) is 11.3 Å². The molecule has 116 valence electrons. The van der Waals surface area contributed by atoms with Crippen molar-refractivity contribution in [1.29, 1.82) is 0 Å². The second kappa shape index (κ2) is 5.64. The number of nitrogens with one attached hydrogen (secondary N) is 2. The minimum atomic E-state index is -0.651. The van der Waals surface area contributed by atoms with Gasteiger partial charge in [0.15, 0.2) is 0 Å². The van der Waals surface area contributed by atoms with Crippen LogP contribution in [0, 0.1) is 0 Å². The molecule has 6 heteroatoms. The molecule has 1 aliphatic rings. The number of aromatic nitrogens is 2. The number of carbonyl (C=O) groups excluding carboxylic acids is 1. The van der Waals surface area contributed by atoms with Crippen molar-refractivity contribution in [3.05, 3.63) is 64.7 Å². The molecule has 0 saturated heterocycles. The van der Waals surface area contributed by atoms with Crippen LogP contribution in [0.2, 0.25) is 0 Å². The Morgan fingerprint density at radius 2 is 2.13 bits per heavy atom. The van der Waals surface area contributed by atoms with Gasteiger partial charge in [0.2, 0.25) is 0 Å². The second-order valence-electron chi connectivity index (χ2n) is 5.56. The van der Waals surface area contributed by atoms with Crippen LogP contribution in [0.3, 0.4) is 0 Å². The summed E-state index contributed by atoms with van der Waals surface area (Å²) >= 11 is 1.40. The number of benzene rings is 1. The molecule has 2 heterocycles. The molecule has 2 unspecified atom stereocenters. The molecule has 0 aliphatic heterocycles. The van der Waals surface area contributed by atoms with Crippen LogP contribution in [-0.4, -0.2) is 27.3 Å². The third kappa shape index (κ3) is 2.56. The van der Waals surface area contributed by atoms with E-state index in [1.165, 1.54) is 11.3 Å². The Bertz CT molecular complexity index is 841. The SMILES string of the molecule is O=C(NC1Cc2ccccc2C1O)c1ccc(-c2ccn[nH]2)s1. The lowest BCUT2D eigenvalue weighted by Gasteiger charge is -2.16. The third-order valence-corrected chi connectivity index (χ3v) is 5.22. The molecule has 0 saturated carbocycles. The van der Waals surface area contributed by atoms with E-state index in [0.29, 0.717) is 11.3 Å². The van der Waals surface area contributed by atoms with Gasteiger partial charge in [0, 0.05) is 6.20 Å². The largest absolute Gasteiger partial charge is 0.386 e. The molecule has 3 N–H and O–H groups in total. The molecule has 0 spiro atoms. The first-order chi connectivity index (χ1) is 11.2. The van der Waals surface area contributed by atoms with E-state index in [0.717, 1.165) is 21.7 Å². The lowest BCUT2D eigenvalue weighted by molar-refractivity contribution is 0.0862. The summed E-state index contributed by atoms with van der Waals surface area (Å²) in [6.45, 7) is 0. The summed E-state index contributed by atoms with van der Waals surface area (Å²) in [4.78, 5) is 14.0. The molecule has 2 atom stereocenters. The molecule has 3 aromatic rings. The summed E-state index contributed by atoms with van der Waals surface area (Å²) in [7, 11) is 0. The molecule has 0 radical (unpaired) electrons. The smallest absolute Gasteiger partial charge is 0.261 e. The van der Waals surface area contributed by atoms with Crippen LogP contribution in [0.1, 0.15) is 26.9 Å². The molecule has 2 aromatic heterocycles. The van der Waals surface area contributed by atoms with Crippen LogP contribution in [0.4, 0.5) is 0 Å². The number of aliphatic hydroxyl groups excluding tert-OH is 1. The van der Waals surface area contributed by atoms with Crippen molar-refractivity contribution in [2.24, 2.45) is 0 Å². The van der Waals surface area contributed by atoms with E-state index in [2.05, 4.69) is 15.5 Å². The van der Waals surface area contributed by atoms with Crippen LogP contribution in [0.15, 0.2) is 48.7 Å². The Hall–Kier alpha value is -2.44. The van der Waals surface area contributed by atoms with Crippen molar-refractivity contribution in [3.8, 4) is 10.6 Å². The van der Waals surface area contributed by atoms with Gasteiger partial charge in [-0.3, -0.25) is 9.89 Å². The fraction of sp³-hybridized carbons (Fsp3) is 0.176. The minimum Gasteiger partial charge on any atom is -0.386 e. The van der Waals surface area contributed by atoms with Crippen molar-refractivity contribution < 1.29 is 9.90 Å². The lowest BCUT2D eigenvalue weighted by Crippen LogP contribution is -2.37. The maximum absolute atomic E-state index is 12.4. The summed E-state index contributed by atoms with van der Waals surface area (Å²) in [6.07, 6.45) is 1.69. The Balaban J connectivity index is 1.49. The van der Waals surface area contributed by atoms with E-state index in [-0.39, 0.29) is 11.9 Å². The number of amides is 1. The van der Waals surface area contributed by atoms with E-state index in [4.69, 9.17) is 0 Å². The highest BCUT2D eigenvalue weighted by Crippen LogP contribution is 2.32. The summed E-state index contributed by atoms with van der Waals surface area (Å²) in [5, 5.41) is 20.1. The first-order valence-corrected chi connectivity index (χ1v) is 8.20. The van der Waals surface area contributed by atoms with E-state index < -0.39 is 6.10 Å². The molecular formula is C17H15N3O2S. The van der Waals surface area contributed by atoms with Crippen LogP contribution >= 0.6 is 11.3 Å². The van der Waals surface area contributed by atoms with Crippen LogP contribution < -0.4 is 5.32 Å². The number of carbonyl (C=O) groups is 1. The molecule has 1 amide bonds. The Morgan fingerprint density at radius 3 is 2.91 bits per heavy atom. The van der Waals surface area contributed by atoms with Crippen molar-refractivity contribution in [1.82, 2.24) is 15.5 Å². The van der Waals surface area contributed by atoms with E-state index >= 15 is 0 Å². The maximum Gasteiger partial charge on any atom is 0.261 e. The van der Waals surface area contributed by atoms with E-state index in [1.807, 2.05) is 36.4 Å². The number of aliphatic hydroxyl groups is 1. The fourth-order valence-electron chi connectivity index (χ4n) is 2.94. The van der Waals surface area contributed by atoms with Crippen molar-refractivity contribution in [3.63, 3.8) is 0 Å². The summed E-state index contributed by atoms with van der Waals surface area (Å²) in [6, 6.07) is 13.0. The molecule has 1 aliphatic carbocycles. The number of H-pyrrole nitrogens is 1. The first kappa shape index (κ1) is 14.2. The van der Waals surface area contributed by atoms with Gasteiger partial charge in [0.25, 0.3) is 5.91 Å². The molecular weight excluding hydrogens is 310 g/mol. The summed E-state index contributed by atoms with van der Waals surface area (Å²) in [5.74, 6) is -0.155. The predicted octanol–water partition coefficient (Wildman–Crippen LogP) is 2.53. The summed E-state index contributed by atoms with van der Waals surface area (Å²) in [5.41, 5.74) is 2.89. The maximum atomic E-state index is 12.4. The Morgan fingerprint density at radius 1 is 1.26 bits per heavy atom. The average molecular weight is 325 g/mol. The van der Waals surface area contributed by atoms with Crippen LogP contribution in [0.25, 0.3) is 10.6 Å². The minimum absolute atomic E-state index is 0.155. The number of hydrogen-bond acceptors (Lipinski definition) is 4. The van der Waals surface area contributed by atoms with Crippen LogP contribution in [-0.2, 0) is 6.42 Å². The third-order valence-electron chi connectivity index (χ3n) is 4.11. The number of fused-ring (bicyclic) bond motifs is 1. The first-order valence-electron chi connectivity index (χ1n) is 7.38. The molecule has 0 fully saturated rings. The van der Waals surface area contributed by atoms with Gasteiger partial charge in [-0.05, 0) is 35.7 Å².